The number of hydrogen-bond donors (Lipinski definition) is 1. The number of rotatable bonds is 3. The lowest BCUT2D eigenvalue weighted by Crippen LogP contribution is -2.01. The van der Waals surface area contributed by atoms with Crippen LogP contribution in [-0.4, -0.2) is 25.6 Å². The summed E-state index contributed by atoms with van der Waals surface area (Å²) in [6.45, 7) is 3.98. The second kappa shape index (κ2) is 6.03. The third-order valence-electron chi connectivity index (χ3n) is 3.31. The van der Waals surface area contributed by atoms with E-state index in [9.17, 15) is 0 Å². The average molecular weight is 309 g/mol. The lowest BCUT2D eigenvalue weighted by Gasteiger charge is -2.04. The zero-order valence-corrected chi connectivity index (χ0v) is 13.1. The van der Waals surface area contributed by atoms with Gasteiger partial charge in [-0.25, -0.2) is 5.10 Å². The minimum absolute atomic E-state index is 0.462. The number of aromatic nitrogens is 4. The van der Waals surface area contributed by atoms with Gasteiger partial charge in [0, 0.05) is 23.5 Å². The molecule has 0 fully saturated rings. The Hall–Kier alpha value is -2.60. The summed E-state index contributed by atoms with van der Waals surface area (Å²) in [6, 6.07) is 11.9. The Morgan fingerprint density at radius 1 is 1.14 bits per heavy atom. The average Bonchev–Trinajstić information content (AvgIpc) is 2.90. The van der Waals surface area contributed by atoms with Crippen molar-refractivity contribution in [2.24, 2.45) is 5.10 Å². The highest BCUT2D eigenvalue weighted by atomic mass is 32.1. The van der Waals surface area contributed by atoms with E-state index in [0.717, 1.165) is 16.8 Å². The Bertz CT molecular complexity index is 860. The van der Waals surface area contributed by atoms with Gasteiger partial charge >= 0.3 is 0 Å². The topological polar surface area (TPSA) is 58.9 Å². The molecule has 0 saturated heterocycles. The van der Waals surface area contributed by atoms with Gasteiger partial charge in [-0.3, -0.25) is 4.98 Å². The quantitative estimate of drug-likeness (QED) is 0.594. The fourth-order valence-electron chi connectivity index (χ4n) is 2.07. The Labute approximate surface area is 133 Å². The Balaban J connectivity index is 2.07. The number of pyridine rings is 1. The molecule has 110 valence electrons. The van der Waals surface area contributed by atoms with Crippen LogP contribution in [-0.2, 0) is 0 Å². The molecule has 0 aliphatic carbocycles. The van der Waals surface area contributed by atoms with Crippen molar-refractivity contribution >= 4 is 17.9 Å². The molecule has 1 aromatic carbocycles. The van der Waals surface area contributed by atoms with E-state index in [1.54, 1.807) is 17.1 Å². The van der Waals surface area contributed by atoms with Crippen molar-refractivity contribution in [1.29, 1.82) is 0 Å². The monoisotopic (exact) mass is 309 g/mol. The summed E-state index contributed by atoms with van der Waals surface area (Å²) in [7, 11) is 0. The van der Waals surface area contributed by atoms with Crippen molar-refractivity contribution in [1.82, 2.24) is 19.9 Å². The van der Waals surface area contributed by atoms with Crippen molar-refractivity contribution in [3.8, 4) is 11.4 Å². The molecule has 0 aliphatic heterocycles. The van der Waals surface area contributed by atoms with Gasteiger partial charge in [-0.05, 0) is 38.2 Å². The highest BCUT2D eigenvalue weighted by molar-refractivity contribution is 7.71. The first kappa shape index (κ1) is 14.3. The molecule has 0 radical (unpaired) electrons. The van der Waals surface area contributed by atoms with Crippen LogP contribution in [0.2, 0.25) is 0 Å². The van der Waals surface area contributed by atoms with E-state index in [1.165, 1.54) is 5.56 Å². The van der Waals surface area contributed by atoms with Gasteiger partial charge in [0.15, 0.2) is 5.82 Å². The summed E-state index contributed by atoms with van der Waals surface area (Å²) in [4.78, 5) is 4.01. The van der Waals surface area contributed by atoms with Crippen LogP contribution >= 0.6 is 12.2 Å². The molecule has 0 atom stereocenters. The first-order valence-electron chi connectivity index (χ1n) is 6.85. The second-order valence-corrected chi connectivity index (χ2v) is 5.34. The van der Waals surface area contributed by atoms with Crippen molar-refractivity contribution in [3.63, 3.8) is 0 Å². The molecule has 5 nitrogen and oxygen atoms in total. The minimum Gasteiger partial charge on any atom is -0.265 e. The molecule has 1 N–H and O–H groups in total. The first-order chi connectivity index (χ1) is 10.6. The van der Waals surface area contributed by atoms with E-state index >= 15 is 0 Å². The van der Waals surface area contributed by atoms with E-state index in [-0.39, 0.29) is 0 Å². The van der Waals surface area contributed by atoms with Crippen LogP contribution in [0.1, 0.15) is 18.1 Å². The van der Waals surface area contributed by atoms with Gasteiger partial charge in [0.25, 0.3) is 0 Å². The van der Waals surface area contributed by atoms with Crippen LogP contribution in [0.15, 0.2) is 53.9 Å². The van der Waals surface area contributed by atoms with E-state index in [1.807, 2.05) is 50.2 Å². The summed E-state index contributed by atoms with van der Waals surface area (Å²) in [5.74, 6) is 0.693. The Morgan fingerprint density at radius 3 is 2.50 bits per heavy atom. The van der Waals surface area contributed by atoms with E-state index < -0.39 is 0 Å². The SMILES string of the molecule is C/C(=N\n1c(-c2ccc(C)cc2)n[nH]c1=S)c1ccncc1. The number of hydrogen-bond acceptors (Lipinski definition) is 4. The molecule has 3 rings (SSSR count). The van der Waals surface area contributed by atoms with Gasteiger partial charge in [-0.2, -0.15) is 14.9 Å². The summed E-state index contributed by atoms with van der Waals surface area (Å²) in [5.41, 5.74) is 3.99. The first-order valence-corrected chi connectivity index (χ1v) is 7.26. The third kappa shape index (κ3) is 2.87. The minimum atomic E-state index is 0.462. The maximum absolute atomic E-state index is 5.29. The summed E-state index contributed by atoms with van der Waals surface area (Å²) >= 11 is 5.29. The predicted molar refractivity (Wildman–Crippen MR) is 89.4 cm³/mol. The molecule has 0 bridgehead atoms. The highest BCUT2D eigenvalue weighted by Crippen LogP contribution is 2.18. The lowest BCUT2D eigenvalue weighted by atomic mass is 10.1. The fraction of sp³-hybridized carbons (Fsp3) is 0.125. The van der Waals surface area contributed by atoms with E-state index in [0.29, 0.717) is 10.6 Å². The van der Waals surface area contributed by atoms with Crippen LogP contribution in [0, 0.1) is 11.7 Å². The number of nitrogens with one attached hydrogen (secondary N) is 1. The van der Waals surface area contributed by atoms with Crippen molar-refractivity contribution in [3.05, 3.63) is 64.7 Å². The van der Waals surface area contributed by atoms with Crippen LogP contribution in [0.5, 0.6) is 0 Å². The van der Waals surface area contributed by atoms with Gasteiger partial charge < -0.3 is 0 Å². The van der Waals surface area contributed by atoms with Crippen molar-refractivity contribution in [2.45, 2.75) is 13.8 Å². The van der Waals surface area contributed by atoms with Crippen LogP contribution in [0.3, 0.4) is 0 Å². The van der Waals surface area contributed by atoms with Crippen molar-refractivity contribution < 1.29 is 0 Å². The number of aryl methyl sites for hydroxylation is 1. The third-order valence-corrected chi connectivity index (χ3v) is 3.57. The molecule has 0 aliphatic rings. The molecule has 0 spiro atoms. The molecule has 0 amide bonds. The van der Waals surface area contributed by atoms with Crippen LogP contribution in [0.25, 0.3) is 11.4 Å². The number of H-pyrrole nitrogens is 1. The molecular weight excluding hydrogens is 294 g/mol. The zero-order valence-electron chi connectivity index (χ0n) is 12.3. The van der Waals surface area contributed by atoms with Gasteiger partial charge in [-0.15, -0.1) is 0 Å². The maximum atomic E-state index is 5.29. The Kier molecular flexibility index (Phi) is 3.93. The smallest absolute Gasteiger partial charge is 0.216 e. The highest BCUT2D eigenvalue weighted by Gasteiger charge is 2.09. The molecule has 0 saturated carbocycles. The lowest BCUT2D eigenvalue weighted by molar-refractivity contribution is 0.864. The largest absolute Gasteiger partial charge is 0.265 e. The van der Waals surface area contributed by atoms with E-state index in [4.69, 9.17) is 12.2 Å². The van der Waals surface area contributed by atoms with Crippen molar-refractivity contribution in [2.75, 3.05) is 0 Å². The summed E-state index contributed by atoms with van der Waals surface area (Å²) in [5, 5.41) is 11.7. The number of benzene rings is 1. The second-order valence-electron chi connectivity index (χ2n) is 4.95. The molecule has 2 aromatic heterocycles. The molecule has 22 heavy (non-hydrogen) atoms. The van der Waals surface area contributed by atoms with Crippen LogP contribution < -0.4 is 0 Å². The Morgan fingerprint density at radius 2 is 1.82 bits per heavy atom. The van der Waals surface area contributed by atoms with E-state index in [2.05, 4.69) is 20.3 Å². The normalized spacial score (nSPS) is 11.6. The summed E-state index contributed by atoms with van der Waals surface area (Å²) in [6.07, 6.45) is 3.48. The van der Waals surface area contributed by atoms with Gasteiger partial charge in [0.1, 0.15) is 0 Å². The predicted octanol–water partition coefficient (Wildman–Crippen LogP) is 3.58. The van der Waals surface area contributed by atoms with Gasteiger partial charge in [0.2, 0.25) is 4.77 Å². The summed E-state index contributed by atoms with van der Waals surface area (Å²) < 4.78 is 2.11. The maximum Gasteiger partial charge on any atom is 0.216 e. The van der Waals surface area contributed by atoms with Gasteiger partial charge in [0.05, 0.1) is 5.71 Å². The number of nitrogens with zero attached hydrogens (tertiary/aromatic N) is 4. The fourth-order valence-corrected chi connectivity index (χ4v) is 2.25. The molecule has 3 aromatic rings. The zero-order chi connectivity index (χ0) is 15.5. The number of aromatic amines is 1. The van der Waals surface area contributed by atoms with Gasteiger partial charge in [-0.1, -0.05) is 29.8 Å². The standard InChI is InChI=1S/C16H15N5S/c1-11-3-5-14(6-4-11)15-18-19-16(22)21(15)20-12(2)13-7-9-17-10-8-13/h3-10H,1-2H3,(H,19,22)/b20-12+. The molecular formula is C16H15N5S. The molecule has 2 heterocycles. The molecule has 6 heteroatoms. The van der Waals surface area contributed by atoms with Crippen LogP contribution in [0.4, 0.5) is 0 Å². The molecule has 0 unspecified atom stereocenters.